The van der Waals surface area contributed by atoms with E-state index in [0.29, 0.717) is 22.6 Å². The monoisotopic (exact) mass is 314 g/mol. The van der Waals surface area contributed by atoms with Gasteiger partial charge in [-0.3, -0.25) is 9.78 Å². The molecule has 1 N–H and O–H groups in total. The number of carbonyl (C=O) groups excluding carboxylic acids is 1. The van der Waals surface area contributed by atoms with Gasteiger partial charge in [0.2, 0.25) is 0 Å². The zero-order valence-corrected chi connectivity index (χ0v) is 13.0. The van der Waals surface area contributed by atoms with Gasteiger partial charge in [0, 0.05) is 11.6 Å². The molecule has 0 saturated heterocycles. The van der Waals surface area contributed by atoms with E-state index in [-0.39, 0.29) is 5.91 Å². The smallest absolute Gasteiger partial charge is 0.276 e. The molecule has 0 spiro atoms. The summed E-state index contributed by atoms with van der Waals surface area (Å²) >= 11 is 0. The van der Waals surface area contributed by atoms with Gasteiger partial charge in [-0.2, -0.15) is 0 Å². The van der Waals surface area contributed by atoms with Gasteiger partial charge in [-0.1, -0.05) is 30.3 Å². The van der Waals surface area contributed by atoms with E-state index in [4.69, 9.17) is 0 Å². The number of nitrogens with zero attached hydrogens (tertiary/aromatic N) is 3. The molecule has 0 fully saturated rings. The van der Waals surface area contributed by atoms with Gasteiger partial charge < -0.3 is 5.32 Å². The minimum Gasteiger partial charge on any atom is -0.319 e. The Bertz CT molecular complexity index is 1070. The van der Waals surface area contributed by atoms with Crippen molar-refractivity contribution in [2.45, 2.75) is 6.92 Å². The first kappa shape index (κ1) is 14.3. The number of hydrogen-bond donors (Lipinski definition) is 1. The molecule has 5 nitrogen and oxygen atoms in total. The summed E-state index contributed by atoms with van der Waals surface area (Å²) in [4.78, 5) is 25.9. The Morgan fingerprint density at radius 1 is 0.917 bits per heavy atom. The maximum Gasteiger partial charge on any atom is 0.276 e. The van der Waals surface area contributed by atoms with Crippen molar-refractivity contribution in [1.82, 2.24) is 15.0 Å². The third kappa shape index (κ3) is 2.46. The Morgan fingerprint density at radius 2 is 1.67 bits per heavy atom. The second kappa shape index (κ2) is 5.70. The van der Waals surface area contributed by atoms with E-state index in [2.05, 4.69) is 20.3 Å². The highest BCUT2D eigenvalue weighted by Gasteiger charge is 2.15. The molecule has 4 aromatic rings. The van der Waals surface area contributed by atoms with Gasteiger partial charge in [0.15, 0.2) is 0 Å². The third-order valence-electron chi connectivity index (χ3n) is 3.84. The lowest BCUT2D eigenvalue weighted by molar-refractivity contribution is 0.102. The first-order valence-corrected chi connectivity index (χ1v) is 7.61. The summed E-state index contributed by atoms with van der Waals surface area (Å²) in [5, 5.41) is 3.87. The maximum atomic E-state index is 12.7. The lowest BCUT2D eigenvalue weighted by Crippen LogP contribution is -2.16. The average Bonchev–Trinajstić information content (AvgIpc) is 2.61. The normalized spacial score (nSPS) is 10.9. The van der Waals surface area contributed by atoms with Crippen LogP contribution in [0, 0.1) is 6.92 Å². The number of aromatic nitrogens is 3. The molecule has 1 amide bonds. The van der Waals surface area contributed by atoms with Crippen molar-refractivity contribution < 1.29 is 4.79 Å². The number of fused-ring (bicyclic) bond motifs is 2. The fraction of sp³-hybridized carbons (Fsp3) is 0.0526. The summed E-state index contributed by atoms with van der Waals surface area (Å²) in [6, 6.07) is 17.0. The van der Waals surface area contributed by atoms with E-state index in [1.54, 1.807) is 13.1 Å². The van der Waals surface area contributed by atoms with Gasteiger partial charge in [0.1, 0.15) is 5.69 Å². The van der Waals surface area contributed by atoms with Crippen molar-refractivity contribution in [3.63, 3.8) is 0 Å². The molecule has 0 saturated carbocycles. The van der Waals surface area contributed by atoms with Gasteiger partial charge in [-0.15, -0.1) is 0 Å². The predicted octanol–water partition coefficient (Wildman–Crippen LogP) is 3.74. The van der Waals surface area contributed by atoms with Crippen molar-refractivity contribution in [3.8, 4) is 0 Å². The van der Waals surface area contributed by atoms with Crippen LogP contribution in [0.15, 0.2) is 60.8 Å². The number of amides is 1. The molecule has 2 aromatic heterocycles. The molecular weight excluding hydrogens is 300 g/mol. The van der Waals surface area contributed by atoms with Crippen LogP contribution in [0.1, 0.15) is 16.2 Å². The van der Waals surface area contributed by atoms with Gasteiger partial charge in [-0.25, -0.2) is 9.97 Å². The largest absolute Gasteiger partial charge is 0.319 e. The number of nitrogens with one attached hydrogen (secondary N) is 1. The van der Waals surface area contributed by atoms with Crippen LogP contribution in [0.5, 0.6) is 0 Å². The van der Waals surface area contributed by atoms with Gasteiger partial charge in [-0.05, 0) is 31.2 Å². The SMILES string of the molecule is Cc1nc2ccccc2nc1C(=O)Nc1cccc2cccnc12. The lowest BCUT2D eigenvalue weighted by atomic mass is 10.2. The summed E-state index contributed by atoms with van der Waals surface area (Å²) in [6.07, 6.45) is 1.71. The van der Waals surface area contributed by atoms with Crippen molar-refractivity contribution >= 4 is 33.5 Å². The number of pyridine rings is 1. The Labute approximate surface area is 138 Å². The number of rotatable bonds is 2. The Morgan fingerprint density at radius 3 is 2.50 bits per heavy atom. The van der Waals surface area contributed by atoms with Crippen molar-refractivity contribution in [3.05, 3.63) is 72.2 Å². The maximum absolute atomic E-state index is 12.7. The van der Waals surface area contributed by atoms with Crippen LogP contribution in [0.25, 0.3) is 21.9 Å². The highest BCUT2D eigenvalue weighted by Crippen LogP contribution is 2.21. The molecule has 5 heteroatoms. The van der Waals surface area contributed by atoms with E-state index in [1.165, 1.54) is 0 Å². The summed E-state index contributed by atoms with van der Waals surface area (Å²) in [5.74, 6) is -0.288. The summed E-state index contributed by atoms with van der Waals surface area (Å²) in [7, 11) is 0. The van der Waals surface area contributed by atoms with Crippen molar-refractivity contribution in [2.75, 3.05) is 5.32 Å². The second-order valence-electron chi connectivity index (χ2n) is 5.48. The molecule has 0 radical (unpaired) electrons. The number of benzene rings is 2. The van der Waals surface area contributed by atoms with Crippen LogP contribution in [0.4, 0.5) is 5.69 Å². The molecule has 2 aromatic carbocycles. The zero-order chi connectivity index (χ0) is 16.5. The topological polar surface area (TPSA) is 67.8 Å². The number of anilines is 1. The fourth-order valence-electron chi connectivity index (χ4n) is 2.69. The lowest BCUT2D eigenvalue weighted by Gasteiger charge is -2.09. The quantitative estimate of drug-likeness (QED) is 0.612. The molecule has 0 atom stereocenters. The standard InChI is InChI=1S/C19H14N4O/c1-12-17(22-15-9-3-2-8-14(15)21-12)19(24)23-16-10-4-6-13-7-5-11-20-18(13)16/h2-11H,1H3,(H,23,24). The van der Waals surface area contributed by atoms with E-state index in [1.807, 2.05) is 54.6 Å². The number of para-hydroxylation sites is 3. The number of hydrogen-bond acceptors (Lipinski definition) is 4. The van der Waals surface area contributed by atoms with E-state index < -0.39 is 0 Å². The van der Waals surface area contributed by atoms with E-state index in [0.717, 1.165) is 16.4 Å². The zero-order valence-electron chi connectivity index (χ0n) is 13.0. The Hall–Kier alpha value is -3.34. The molecule has 0 bridgehead atoms. The van der Waals surface area contributed by atoms with E-state index in [9.17, 15) is 4.79 Å². The molecule has 0 unspecified atom stereocenters. The molecule has 0 aliphatic heterocycles. The number of carbonyl (C=O) groups is 1. The van der Waals surface area contributed by atoms with E-state index >= 15 is 0 Å². The van der Waals surface area contributed by atoms with Crippen LogP contribution in [-0.4, -0.2) is 20.9 Å². The highest BCUT2D eigenvalue weighted by atomic mass is 16.1. The summed E-state index contributed by atoms with van der Waals surface area (Å²) in [6.45, 7) is 1.79. The first-order chi connectivity index (χ1) is 11.7. The molecule has 24 heavy (non-hydrogen) atoms. The van der Waals surface area contributed by atoms with Crippen molar-refractivity contribution in [1.29, 1.82) is 0 Å². The van der Waals surface area contributed by atoms with Gasteiger partial charge in [0.05, 0.1) is 27.9 Å². The fourth-order valence-corrected chi connectivity index (χ4v) is 2.69. The van der Waals surface area contributed by atoms with Crippen LogP contribution >= 0.6 is 0 Å². The minimum atomic E-state index is -0.288. The van der Waals surface area contributed by atoms with Gasteiger partial charge in [0.25, 0.3) is 5.91 Å². The highest BCUT2D eigenvalue weighted by molar-refractivity contribution is 6.08. The van der Waals surface area contributed by atoms with Crippen molar-refractivity contribution in [2.24, 2.45) is 0 Å². The molecule has 0 aliphatic rings. The second-order valence-corrected chi connectivity index (χ2v) is 5.48. The van der Waals surface area contributed by atoms with Crippen LogP contribution in [-0.2, 0) is 0 Å². The molecular formula is C19H14N4O. The van der Waals surface area contributed by atoms with Crippen LogP contribution in [0.2, 0.25) is 0 Å². The Kier molecular flexibility index (Phi) is 3.39. The molecule has 4 rings (SSSR count). The third-order valence-corrected chi connectivity index (χ3v) is 3.84. The van der Waals surface area contributed by atoms with Gasteiger partial charge >= 0.3 is 0 Å². The first-order valence-electron chi connectivity index (χ1n) is 7.61. The minimum absolute atomic E-state index is 0.288. The summed E-state index contributed by atoms with van der Waals surface area (Å²) < 4.78 is 0. The molecule has 0 aliphatic carbocycles. The number of aryl methyl sites for hydroxylation is 1. The average molecular weight is 314 g/mol. The van der Waals surface area contributed by atoms with Crippen LogP contribution < -0.4 is 5.32 Å². The Balaban J connectivity index is 1.75. The summed E-state index contributed by atoms with van der Waals surface area (Å²) in [5.41, 5.74) is 3.80. The van der Waals surface area contributed by atoms with Crippen LogP contribution in [0.3, 0.4) is 0 Å². The molecule has 116 valence electrons. The molecule has 2 heterocycles. The predicted molar refractivity (Wildman–Crippen MR) is 94.0 cm³/mol.